The van der Waals surface area contributed by atoms with Crippen molar-refractivity contribution in [1.82, 2.24) is 0 Å². The fourth-order valence-electron chi connectivity index (χ4n) is 2.11. The van der Waals surface area contributed by atoms with Crippen LogP contribution in [0.15, 0.2) is 18.2 Å². The van der Waals surface area contributed by atoms with Crippen LogP contribution < -0.4 is 4.74 Å². The van der Waals surface area contributed by atoms with Crippen molar-refractivity contribution in [3.8, 4) is 5.75 Å². The molecule has 0 aromatic heterocycles. The van der Waals surface area contributed by atoms with Gasteiger partial charge in [0.15, 0.2) is 0 Å². The molecule has 1 rings (SSSR count). The van der Waals surface area contributed by atoms with E-state index in [1.54, 1.807) is 7.11 Å². The molecule has 0 fully saturated rings. The lowest BCUT2D eigenvalue weighted by Crippen LogP contribution is -2.36. The van der Waals surface area contributed by atoms with E-state index in [1.165, 1.54) is 0 Å². The third-order valence-electron chi connectivity index (χ3n) is 3.53. The largest absolute Gasteiger partial charge is 0.497 e. The molecule has 1 aromatic rings. The maximum absolute atomic E-state index is 10.5. The van der Waals surface area contributed by atoms with E-state index in [0.717, 1.165) is 23.3 Å². The van der Waals surface area contributed by atoms with Crippen LogP contribution in [0.25, 0.3) is 0 Å². The van der Waals surface area contributed by atoms with Crippen LogP contribution >= 0.6 is 0 Å². The highest BCUT2D eigenvalue weighted by molar-refractivity contribution is 5.37. The van der Waals surface area contributed by atoms with Gasteiger partial charge in [0.1, 0.15) is 11.9 Å². The molecule has 0 aliphatic rings. The third-order valence-corrected chi connectivity index (χ3v) is 3.53. The molecule has 0 aliphatic carbocycles. The van der Waals surface area contributed by atoms with Gasteiger partial charge in [0.05, 0.1) is 12.7 Å². The molecule has 2 unspecified atom stereocenters. The number of hydrogen-bond donors (Lipinski definition) is 1. The molecular formula is C15H24O3. The van der Waals surface area contributed by atoms with E-state index in [-0.39, 0.29) is 0 Å². The van der Waals surface area contributed by atoms with Crippen LogP contribution in [0.3, 0.4) is 0 Å². The Balaban J connectivity index is 3.05. The maximum Gasteiger partial charge on any atom is 0.119 e. The number of ether oxygens (including phenoxy) is 2. The molecule has 0 saturated carbocycles. The SMILES string of the molecule is CCOC(C)(CC)C(O)c1ccc(OC)cc1C. The quantitative estimate of drug-likeness (QED) is 0.844. The number of aliphatic hydroxyl groups is 1. The lowest BCUT2D eigenvalue weighted by molar-refractivity contribution is -0.113. The van der Waals surface area contributed by atoms with Gasteiger partial charge in [-0.2, -0.15) is 0 Å². The van der Waals surface area contributed by atoms with Gasteiger partial charge in [0.25, 0.3) is 0 Å². The Morgan fingerprint density at radius 1 is 1.33 bits per heavy atom. The molecule has 1 N–H and O–H groups in total. The second-order valence-electron chi connectivity index (χ2n) is 4.72. The number of rotatable bonds is 6. The summed E-state index contributed by atoms with van der Waals surface area (Å²) in [5.74, 6) is 0.804. The molecule has 0 spiro atoms. The summed E-state index contributed by atoms with van der Waals surface area (Å²) in [5.41, 5.74) is 1.36. The molecule has 0 radical (unpaired) electrons. The zero-order valence-electron chi connectivity index (χ0n) is 12.0. The second-order valence-corrected chi connectivity index (χ2v) is 4.72. The van der Waals surface area contributed by atoms with Crippen molar-refractivity contribution < 1.29 is 14.6 Å². The Hall–Kier alpha value is -1.06. The first-order chi connectivity index (χ1) is 8.48. The van der Waals surface area contributed by atoms with Gasteiger partial charge in [0, 0.05) is 6.61 Å². The Kier molecular flexibility index (Phi) is 5.17. The van der Waals surface area contributed by atoms with Crippen LogP contribution in [0.4, 0.5) is 0 Å². The molecule has 1 aromatic carbocycles. The topological polar surface area (TPSA) is 38.7 Å². The van der Waals surface area contributed by atoms with Crippen molar-refractivity contribution in [3.05, 3.63) is 29.3 Å². The minimum absolute atomic E-state index is 0.548. The predicted molar refractivity (Wildman–Crippen MR) is 73.0 cm³/mol. The average molecular weight is 252 g/mol. The van der Waals surface area contributed by atoms with Crippen molar-refractivity contribution in [2.75, 3.05) is 13.7 Å². The highest BCUT2D eigenvalue weighted by atomic mass is 16.5. The van der Waals surface area contributed by atoms with Crippen molar-refractivity contribution in [1.29, 1.82) is 0 Å². The molecular weight excluding hydrogens is 228 g/mol. The fourth-order valence-corrected chi connectivity index (χ4v) is 2.11. The number of aryl methyl sites for hydroxylation is 1. The van der Waals surface area contributed by atoms with Crippen molar-refractivity contribution in [2.45, 2.75) is 45.8 Å². The van der Waals surface area contributed by atoms with Gasteiger partial charge in [-0.3, -0.25) is 0 Å². The Morgan fingerprint density at radius 3 is 2.44 bits per heavy atom. The third kappa shape index (κ3) is 3.03. The number of aliphatic hydroxyl groups excluding tert-OH is 1. The standard InChI is InChI=1S/C15H24O3/c1-6-15(4,18-7-2)14(16)13-9-8-12(17-5)10-11(13)3/h8-10,14,16H,6-7H2,1-5H3. The van der Waals surface area contributed by atoms with Crippen LogP contribution in [-0.4, -0.2) is 24.4 Å². The van der Waals surface area contributed by atoms with E-state index in [1.807, 2.05) is 45.9 Å². The van der Waals surface area contributed by atoms with E-state index in [0.29, 0.717) is 6.61 Å². The fraction of sp³-hybridized carbons (Fsp3) is 0.600. The second kappa shape index (κ2) is 6.21. The Bertz CT molecular complexity index is 389. The summed E-state index contributed by atoms with van der Waals surface area (Å²) in [6, 6.07) is 5.71. The van der Waals surface area contributed by atoms with Gasteiger partial charge in [-0.1, -0.05) is 13.0 Å². The highest BCUT2D eigenvalue weighted by Crippen LogP contribution is 2.34. The molecule has 0 bridgehead atoms. The van der Waals surface area contributed by atoms with Gasteiger partial charge >= 0.3 is 0 Å². The Morgan fingerprint density at radius 2 is 2.00 bits per heavy atom. The maximum atomic E-state index is 10.5. The summed E-state index contributed by atoms with van der Waals surface area (Å²) >= 11 is 0. The molecule has 3 nitrogen and oxygen atoms in total. The zero-order chi connectivity index (χ0) is 13.8. The van der Waals surface area contributed by atoms with E-state index in [2.05, 4.69) is 0 Å². The first-order valence-corrected chi connectivity index (χ1v) is 6.45. The number of methoxy groups -OCH3 is 1. The molecule has 18 heavy (non-hydrogen) atoms. The van der Waals surface area contributed by atoms with Gasteiger partial charge in [-0.25, -0.2) is 0 Å². The summed E-state index contributed by atoms with van der Waals surface area (Å²) in [6.07, 6.45) is 0.126. The van der Waals surface area contributed by atoms with Crippen LogP contribution in [0, 0.1) is 6.92 Å². The van der Waals surface area contributed by atoms with E-state index in [4.69, 9.17) is 9.47 Å². The first kappa shape index (κ1) is 15.0. The van der Waals surface area contributed by atoms with Crippen LogP contribution in [-0.2, 0) is 4.74 Å². The minimum atomic E-state index is -0.631. The van der Waals surface area contributed by atoms with Crippen molar-refractivity contribution >= 4 is 0 Å². The van der Waals surface area contributed by atoms with E-state index in [9.17, 15) is 5.11 Å². The zero-order valence-corrected chi connectivity index (χ0v) is 12.0. The molecule has 2 atom stereocenters. The molecule has 102 valence electrons. The van der Waals surface area contributed by atoms with E-state index < -0.39 is 11.7 Å². The van der Waals surface area contributed by atoms with E-state index >= 15 is 0 Å². The van der Waals surface area contributed by atoms with Gasteiger partial charge in [0.2, 0.25) is 0 Å². The van der Waals surface area contributed by atoms with Gasteiger partial charge in [-0.05, 0) is 50.5 Å². The van der Waals surface area contributed by atoms with Crippen LogP contribution in [0.1, 0.15) is 44.4 Å². The van der Waals surface area contributed by atoms with Crippen molar-refractivity contribution in [3.63, 3.8) is 0 Å². The lowest BCUT2D eigenvalue weighted by Gasteiger charge is -2.34. The normalized spacial score (nSPS) is 16.1. The smallest absolute Gasteiger partial charge is 0.119 e. The van der Waals surface area contributed by atoms with Gasteiger partial charge < -0.3 is 14.6 Å². The highest BCUT2D eigenvalue weighted by Gasteiger charge is 2.33. The summed E-state index contributed by atoms with van der Waals surface area (Å²) in [6.45, 7) is 8.49. The summed E-state index contributed by atoms with van der Waals surface area (Å²) in [5, 5.41) is 10.5. The van der Waals surface area contributed by atoms with Crippen LogP contribution in [0.5, 0.6) is 5.75 Å². The number of benzene rings is 1. The summed E-state index contributed by atoms with van der Waals surface area (Å²) in [7, 11) is 1.64. The summed E-state index contributed by atoms with van der Waals surface area (Å²) < 4.78 is 10.9. The van der Waals surface area contributed by atoms with Gasteiger partial charge in [-0.15, -0.1) is 0 Å². The average Bonchev–Trinajstić information content (AvgIpc) is 2.37. The number of hydrogen-bond acceptors (Lipinski definition) is 3. The van der Waals surface area contributed by atoms with Crippen LogP contribution in [0.2, 0.25) is 0 Å². The molecule has 0 heterocycles. The lowest BCUT2D eigenvalue weighted by atomic mass is 9.88. The van der Waals surface area contributed by atoms with Crippen molar-refractivity contribution in [2.24, 2.45) is 0 Å². The minimum Gasteiger partial charge on any atom is -0.497 e. The molecule has 0 amide bonds. The molecule has 0 saturated heterocycles. The first-order valence-electron chi connectivity index (χ1n) is 6.45. The summed E-state index contributed by atoms with van der Waals surface area (Å²) in [4.78, 5) is 0. The molecule has 0 aliphatic heterocycles. The Labute approximate surface area is 110 Å². The predicted octanol–water partition coefficient (Wildman–Crippen LogP) is 3.24. The molecule has 3 heteroatoms. The monoisotopic (exact) mass is 252 g/mol.